The molecule has 2 aromatic rings. The third-order valence-corrected chi connectivity index (χ3v) is 3.26. The summed E-state index contributed by atoms with van der Waals surface area (Å²) in [5.41, 5.74) is 4.99. The Bertz CT molecular complexity index is 560. The molecule has 1 heterocycles. The Morgan fingerprint density at radius 2 is 2.06 bits per heavy atom. The lowest BCUT2D eigenvalue weighted by atomic mass is 10.1. The van der Waals surface area contributed by atoms with Crippen LogP contribution in [0.4, 0.5) is 14.6 Å². The van der Waals surface area contributed by atoms with Gasteiger partial charge in [-0.2, -0.15) is 0 Å². The molecule has 6 heteroatoms. The first kappa shape index (κ1) is 13.2. The lowest BCUT2D eigenvalue weighted by Gasteiger charge is -2.16. The average molecular weight is 316 g/mol. The van der Waals surface area contributed by atoms with E-state index in [4.69, 9.17) is 5.73 Å². The monoisotopic (exact) mass is 315 g/mol. The molecule has 2 rings (SSSR count). The van der Waals surface area contributed by atoms with Crippen LogP contribution in [0.5, 0.6) is 0 Å². The maximum atomic E-state index is 13.1. The molecule has 3 nitrogen and oxygen atoms in total. The molecule has 1 aromatic carbocycles. The fraction of sp³-hybridized carbons (Fsp3) is 0.250. The van der Waals surface area contributed by atoms with Gasteiger partial charge in [0.25, 0.3) is 5.92 Å². The first-order valence-corrected chi connectivity index (χ1v) is 6.18. The summed E-state index contributed by atoms with van der Waals surface area (Å²) in [6.45, 7) is -1.21. The van der Waals surface area contributed by atoms with Crippen LogP contribution in [0.3, 0.4) is 0 Å². The van der Waals surface area contributed by atoms with Crippen LogP contribution in [0.2, 0.25) is 0 Å². The topological polar surface area (TPSA) is 50.9 Å². The van der Waals surface area contributed by atoms with Gasteiger partial charge in [0.1, 0.15) is 5.82 Å². The third kappa shape index (κ3) is 2.76. The molecule has 0 aliphatic heterocycles. The second-order valence-corrected chi connectivity index (χ2v) is 4.76. The lowest BCUT2D eigenvalue weighted by Crippen LogP contribution is -2.35. The van der Waals surface area contributed by atoms with E-state index in [1.165, 1.54) is 0 Å². The molecule has 18 heavy (non-hydrogen) atoms. The second kappa shape index (κ2) is 5.16. The standard InChI is InChI=1S/C12H12BrF2N3/c13-10-3-1-2-9-8(10)4-5-17-11(9)18-7-12(14,15)6-16/h1-5H,6-7,16H2,(H,17,18). The molecule has 0 aliphatic carbocycles. The van der Waals surface area contributed by atoms with E-state index in [1.807, 2.05) is 24.3 Å². The summed E-state index contributed by atoms with van der Waals surface area (Å²) < 4.78 is 27.1. The molecule has 0 atom stereocenters. The first-order valence-electron chi connectivity index (χ1n) is 5.38. The predicted octanol–water partition coefficient (Wildman–Crippen LogP) is 3.00. The number of anilines is 1. The summed E-state index contributed by atoms with van der Waals surface area (Å²) >= 11 is 3.41. The molecule has 0 unspecified atom stereocenters. The van der Waals surface area contributed by atoms with Gasteiger partial charge in [-0.1, -0.05) is 28.1 Å². The van der Waals surface area contributed by atoms with Crippen LogP contribution < -0.4 is 11.1 Å². The van der Waals surface area contributed by atoms with Crippen LogP contribution in [0.15, 0.2) is 34.9 Å². The van der Waals surface area contributed by atoms with Crippen molar-refractivity contribution in [1.82, 2.24) is 4.98 Å². The molecule has 0 saturated carbocycles. The van der Waals surface area contributed by atoms with Gasteiger partial charge in [0.15, 0.2) is 0 Å². The zero-order valence-corrected chi connectivity index (χ0v) is 11.0. The van der Waals surface area contributed by atoms with Gasteiger partial charge in [0.2, 0.25) is 0 Å². The van der Waals surface area contributed by atoms with Crippen molar-refractivity contribution in [2.75, 3.05) is 18.4 Å². The van der Waals surface area contributed by atoms with Crippen molar-refractivity contribution >= 4 is 32.5 Å². The van der Waals surface area contributed by atoms with Gasteiger partial charge in [0.05, 0.1) is 13.1 Å². The highest BCUT2D eigenvalue weighted by atomic mass is 79.9. The zero-order valence-electron chi connectivity index (χ0n) is 9.46. The molecular weight excluding hydrogens is 304 g/mol. The van der Waals surface area contributed by atoms with Crippen molar-refractivity contribution < 1.29 is 8.78 Å². The Morgan fingerprint density at radius 3 is 2.78 bits per heavy atom. The molecule has 0 radical (unpaired) electrons. The Labute approximate surface area is 112 Å². The van der Waals surface area contributed by atoms with E-state index < -0.39 is 19.0 Å². The number of fused-ring (bicyclic) bond motifs is 1. The molecule has 0 aliphatic rings. The summed E-state index contributed by atoms with van der Waals surface area (Å²) in [5, 5.41) is 4.36. The van der Waals surface area contributed by atoms with Gasteiger partial charge >= 0.3 is 0 Å². The largest absolute Gasteiger partial charge is 0.363 e. The summed E-state index contributed by atoms with van der Waals surface area (Å²) in [4.78, 5) is 4.08. The number of alkyl halides is 2. The number of nitrogens with one attached hydrogen (secondary N) is 1. The Morgan fingerprint density at radius 1 is 1.28 bits per heavy atom. The molecule has 0 amide bonds. The number of hydrogen-bond acceptors (Lipinski definition) is 3. The van der Waals surface area contributed by atoms with Crippen LogP contribution in [0, 0.1) is 0 Å². The molecular formula is C12H12BrF2N3. The van der Waals surface area contributed by atoms with Crippen LogP contribution in [0.1, 0.15) is 0 Å². The average Bonchev–Trinajstić information content (AvgIpc) is 2.37. The van der Waals surface area contributed by atoms with Gasteiger partial charge in [-0.15, -0.1) is 0 Å². The SMILES string of the molecule is NCC(F)(F)CNc1nccc2c(Br)cccc12. The minimum Gasteiger partial charge on any atom is -0.363 e. The van der Waals surface area contributed by atoms with Crippen LogP contribution in [-0.2, 0) is 0 Å². The quantitative estimate of drug-likeness (QED) is 0.912. The van der Waals surface area contributed by atoms with Crippen molar-refractivity contribution in [2.24, 2.45) is 5.73 Å². The van der Waals surface area contributed by atoms with Crippen molar-refractivity contribution in [3.63, 3.8) is 0 Å². The number of aromatic nitrogens is 1. The van der Waals surface area contributed by atoms with E-state index in [2.05, 4.69) is 26.2 Å². The fourth-order valence-electron chi connectivity index (χ4n) is 1.59. The van der Waals surface area contributed by atoms with Crippen molar-refractivity contribution in [3.05, 3.63) is 34.9 Å². The third-order valence-electron chi connectivity index (χ3n) is 2.57. The highest BCUT2D eigenvalue weighted by Gasteiger charge is 2.26. The number of halogens is 3. The summed E-state index contributed by atoms with van der Waals surface area (Å²) in [6, 6.07) is 7.38. The minimum absolute atomic E-state index is 0.432. The molecule has 0 spiro atoms. The van der Waals surface area contributed by atoms with Crippen LogP contribution in [-0.4, -0.2) is 24.0 Å². The highest BCUT2D eigenvalue weighted by molar-refractivity contribution is 9.10. The number of nitrogens with two attached hydrogens (primary N) is 1. The van der Waals surface area contributed by atoms with E-state index in [0.29, 0.717) is 5.82 Å². The Balaban J connectivity index is 2.32. The van der Waals surface area contributed by atoms with Crippen molar-refractivity contribution in [2.45, 2.75) is 5.92 Å². The second-order valence-electron chi connectivity index (χ2n) is 3.91. The molecule has 0 bridgehead atoms. The van der Waals surface area contributed by atoms with Crippen LogP contribution in [0.25, 0.3) is 10.8 Å². The molecule has 1 aromatic heterocycles. The number of benzene rings is 1. The highest BCUT2D eigenvalue weighted by Crippen LogP contribution is 2.28. The van der Waals surface area contributed by atoms with E-state index in [-0.39, 0.29) is 0 Å². The van der Waals surface area contributed by atoms with E-state index in [0.717, 1.165) is 15.2 Å². The molecule has 3 N–H and O–H groups in total. The first-order chi connectivity index (χ1) is 8.53. The van der Waals surface area contributed by atoms with E-state index in [1.54, 1.807) is 6.20 Å². The normalized spacial score (nSPS) is 11.8. The Hall–Kier alpha value is -1.27. The number of rotatable bonds is 4. The zero-order chi connectivity index (χ0) is 13.2. The number of pyridine rings is 1. The van der Waals surface area contributed by atoms with Gasteiger partial charge < -0.3 is 11.1 Å². The molecule has 96 valence electrons. The van der Waals surface area contributed by atoms with Crippen LogP contribution >= 0.6 is 15.9 Å². The van der Waals surface area contributed by atoms with Gasteiger partial charge in [-0.25, -0.2) is 13.8 Å². The lowest BCUT2D eigenvalue weighted by molar-refractivity contribution is 0.0253. The number of hydrogen-bond donors (Lipinski definition) is 2. The molecule has 0 saturated heterocycles. The van der Waals surface area contributed by atoms with Gasteiger partial charge in [-0.3, -0.25) is 0 Å². The van der Waals surface area contributed by atoms with E-state index in [9.17, 15) is 8.78 Å². The van der Waals surface area contributed by atoms with Gasteiger partial charge in [-0.05, 0) is 12.1 Å². The molecule has 0 fully saturated rings. The summed E-state index contributed by atoms with van der Waals surface area (Å²) in [5.74, 6) is -2.50. The maximum absolute atomic E-state index is 13.1. The summed E-state index contributed by atoms with van der Waals surface area (Å²) in [6.07, 6.45) is 1.58. The maximum Gasteiger partial charge on any atom is 0.276 e. The van der Waals surface area contributed by atoms with Crippen molar-refractivity contribution in [3.8, 4) is 0 Å². The van der Waals surface area contributed by atoms with E-state index >= 15 is 0 Å². The van der Waals surface area contributed by atoms with Crippen molar-refractivity contribution in [1.29, 1.82) is 0 Å². The fourth-order valence-corrected chi connectivity index (χ4v) is 2.09. The summed E-state index contributed by atoms with van der Waals surface area (Å²) in [7, 11) is 0. The Kier molecular flexibility index (Phi) is 3.77. The van der Waals surface area contributed by atoms with Gasteiger partial charge in [0, 0.05) is 21.4 Å². The smallest absolute Gasteiger partial charge is 0.276 e. The predicted molar refractivity (Wildman–Crippen MR) is 71.9 cm³/mol. The minimum atomic E-state index is -2.93. The number of nitrogens with zero attached hydrogens (tertiary/aromatic N) is 1.